The van der Waals surface area contributed by atoms with Crippen LogP contribution in [0.3, 0.4) is 0 Å². The molecule has 2 N–H and O–H groups in total. The van der Waals surface area contributed by atoms with E-state index in [-0.39, 0.29) is 5.78 Å². The molecule has 0 unspecified atom stereocenters. The van der Waals surface area contributed by atoms with Gasteiger partial charge in [0, 0.05) is 22.9 Å². The average Bonchev–Trinajstić information content (AvgIpc) is 2.90. The van der Waals surface area contributed by atoms with Gasteiger partial charge in [0.15, 0.2) is 5.78 Å². The van der Waals surface area contributed by atoms with Gasteiger partial charge in [-0.3, -0.25) is 4.79 Å². The zero-order valence-electron chi connectivity index (χ0n) is 11.0. The van der Waals surface area contributed by atoms with Crippen molar-refractivity contribution in [2.24, 2.45) is 0 Å². The van der Waals surface area contributed by atoms with E-state index in [0.29, 0.717) is 16.5 Å². The largest absolute Gasteiger partial charge is 0.332 e. The molecule has 2 aromatic carbocycles. The summed E-state index contributed by atoms with van der Waals surface area (Å²) in [6.07, 6.45) is 3.02. The molecule has 0 spiro atoms. The van der Waals surface area contributed by atoms with Gasteiger partial charge in [-0.15, -0.1) is 0 Å². The van der Waals surface area contributed by atoms with Crippen LogP contribution in [-0.2, 0) is 0 Å². The van der Waals surface area contributed by atoms with Crippen LogP contribution in [0.2, 0.25) is 5.02 Å². The maximum atomic E-state index is 11.9. The number of halogens is 1. The highest BCUT2D eigenvalue weighted by molar-refractivity contribution is 6.30. The number of ketones is 1. The van der Waals surface area contributed by atoms with E-state index in [2.05, 4.69) is 15.3 Å². The van der Waals surface area contributed by atoms with Crippen LogP contribution in [0.25, 0.3) is 11.0 Å². The number of hydrogen-bond donors (Lipinski definition) is 2. The standard InChI is InChI=1S/C16H12ClN3O/c17-12-7-5-11(6-8-12)15(21)9-10-18-16-19-13-3-1-2-4-14(13)20-16/h1-10H,(H2,18,19,20)/b10-9-. The third kappa shape index (κ3) is 3.12. The summed E-state index contributed by atoms with van der Waals surface area (Å²) in [7, 11) is 0. The van der Waals surface area contributed by atoms with Gasteiger partial charge in [0.2, 0.25) is 5.95 Å². The smallest absolute Gasteiger partial charge is 0.205 e. The summed E-state index contributed by atoms with van der Waals surface area (Å²) in [5.74, 6) is 0.492. The number of para-hydroxylation sites is 2. The summed E-state index contributed by atoms with van der Waals surface area (Å²) in [5, 5.41) is 3.56. The first kappa shape index (κ1) is 13.4. The summed E-state index contributed by atoms with van der Waals surface area (Å²) in [5.41, 5.74) is 2.40. The molecule has 3 rings (SSSR count). The number of anilines is 1. The van der Waals surface area contributed by atoms with Gasteiger partial charge in [0.05, 0.1) is 11.0 Å². The number of fused-ring (bicyclic) bond motifs is 1. The Kier molecular flexibility index (Phi) is 3.71. The summed E-state index contributed by atoms with van der Waals surface area (Å²) >= 11 is 5.79. The van der Waals surface area contributed by atoms with Crippen molar-refractivity contribution in [3.8, 4) is 0 Å². The van der Waals surface area contributed by atoms with Crippen LogP contribution in [0.4, 0.5) is 5.95 Å². The molecule has 0 radical (unpaired) electrons. The molecule has 0 fully saturated rings. The number of nitrogens with zero attached hydrogens (tertiary/aromatic N) is 1. The lowest BCUT2D eigenvalue weighted by Gasteiger charge is -1.96. The van der Waals surface area contributed by atoms with E-state index in [0.717, 1.165) is 11.0 Å². The average molecular weight is 298 g/mol. The number of carbonyl (C=O) groups excluding carboxylic acids is 1. The highest BCUT2D eigenvalue weighted by Crippen LogP contribution is 2.13. The van der Waals surface area contributed by atoms with Crippen molar-refractivity contribution in [3.63, 3.8) is 0 Å². The molecule has 1 heterocycles. The SMILES string of the molecule is O=C(/C=C\Nc1nc2ccccc2[nH]1)c1ccc(Cl)cc1. The van der Waals surface area contributed by atoms with Crippen molar-refractivity contribution >= 4 is 34.4 Å². The molecule has 21 heavy (non-hydrogen) atoms. The fraction of sp³-hybridized carbons (Fsp3) is 0. The van der Waals surface area contributed by atoms with Gasteiger partial charge >= 0.3 is 0 Å². The van der Waals surface area contributed by atoms with Gasteiger partial charge in [-0.05, 0) is 36.4 Å². The number of aromatic amines is 1. The number of carbonyl (C=O) groups is 1. The molecular weight excluding hydrogens is 286 g/mol. The summed E-state index contributed by atoms with van der Waals surface area (Å²) < 4.78 is 0. The topological polar surface area (TPSA) is 57.8 Å². The van der Waals surface area contributed by atoms with Crippen LogP contribution in [-0.4, -0.2) is 15.8 Å². The van der Waals surface area contributed by atoms with Crippen molar-refractivity contribution in [2.45, 2.75) is 0 Å². The summed E-state index contributed by atoms with van der Waals surface area (Å²) in [4.78, 5) is 19.4. The maximum Gasteiger partial charge on any atom is 0.205 e. The van der Waals surface area contributed by atoms with E-state index in [1.807, 2.05) is 24.3 Å². The van der Waals surface area contributed by atoms with Crippen molar-refractivity contribution < 1.29 is 4.79 Å². The lowest BCUT2D eigenvalue weighted by molar-refractivity contribution is 0.104. The number of allylic oxidation sites excluding steroid dienone is 1. The number of nitrogens with one attached hydrogen (secondary N) is 2. The summed E-state index contributed by atoms with van der Waals surface area (Å²) in [6.45, 7) is 0. The molecule has 0 aliphatic heterocycles. The van der Waals surface area contributed by atoms with Gasteiger partial charge in [-0.1, -0.05) is 23.7 Å². The Morgan fingerprint density at radius 2 is 1.90 bits per heavy atom. The van der Waals surface area contributed by atoms with Gasteiger partial charge in [-0.2, -0.15) is 0 Å². The lowest BCUT2D eigenvalue weighted by Crippen LogP contribution is -1.96. The zero-order valence-corrected chi connectivity index (χ0v) is 11.8. The molecular formula is C16H12ClN3O. The molecule has 0 bridgehead atoms. The number of aromatic nitrogens is 2. The summed E-state index contributed by atoms with van der Waals surface area (Å²) in [6, 6.07) is 14.5. The van der Waals surface area contributed by atoms with E-state index < -0.39 is 0 Å². The van der Waals surface area contributed by atoms with Crippen molar-refractivity contribution in [3.05, 3.63) is 71.4 Å². The van der Waals surface area contributed by atoms with E-state index in [1.54, 1.807) is 30.5 Å². The van der Waals surface area contributed by atoms with Crippen LogP contribution in [0.1, 0.15) is 10.4 Å². The molecule has 5 heteroatoms. The number of benzene rings is 2. The Bertz CT molecular complexity index is 773. The van der Waals surface area contributed by atoms with Crippen molar-refractivity contribution in [1.29, 1.82) is 0 Å². The Labute approximate surface area is 126 Å². The molecule has 104 valence electrons. The normalized spacial score (nSPS) is 11.1. The molecule has 0 amide bonds. The first-order valence-electron chi connectivity index (χ1n) is 6.40. The van der Waals surface area contributed by atoms with E-state index in [1.165, 1.54) is 6.08 Å². The third-order valence-corrected chi connectivity index (χ3v) is 3.22. The number of imidazole rings is 1. The molecule has 0 saturated heterocycles. The third-order valence-electron chi connectivity index (χ3n) is 2.97. The molecule has 0 aliphatic carbocycles. The molecule has 0 aliphatic rings. The number of rotatable bonds is 4. The van der Waals surface area contributed by atoms with Crippen LogP contribution < -0.4 is 5.32 Å². The second-order valence-electron chi connectivity index (χ2n) is 4.45. The van der Waals surface area contributed by atoms with Crippen LogP contribution in [0, 0.1) is 0 Å². The minimum absolute atomic E-state index is 0.102. The van der Waals surface area contributed by atoms with Crippen LogP contribution in [0.5, 0.6) is 0 Å². The Morgan fingerprint density at radius 1 is 1.14 bits per heavy atom. The first-order chi connectivity index (χ1) is 10.2. The van der Waals surface area contributed by atoms with Gasteiger partial charge in [0.25, 0.3) is 0 Å². The zero-order chi connectivity index (χ0) is 14.7. The van der Waals surface area contributed by atoms with Crippen LogP contribution >= 0.6 is 11.6 Å². The quantitative estimate of drug-likeness (QED) is 0.565. The molecule has 3 aromatic rings. The Morgan fingerprint density at radius 3 is 2.67 bits per heavy atom. The molecule has 0 atom stereocenters. The fourth-order valence-corrected chi connectivity index (χ4v) is 2.05. The minimum atomic E-state index is -0.102. The second-order valence-corrected chi connectivity index (χ2v) is 4.89. The highest BCUT2D eigenvalue weighted by Gasteiger charge is 2.02. The van der Waals surface area contributed by atoms with Gasteiger partial charge in [-0.25, -0.2) is 4.98 Å². The number of H-pyrrole nitrogens is 1. The van der Waals surface area contributed by atoms with Crippen molar-refractivity contribution in [2.75, 3.05) is 5.32 Å². The molecule has 1 aromatic heterocycles. The predicted molar refractivity (Wildman–Crippen MR) is 84.6 cm³/mol. The minimum Gasteiger partial charge on any atom is -0.332 e. The van der Waals surface area contributed by atoms with Crippen molar-refractivity contribution in [1.82, 2.24) is 9.97 Å². The lowest BCUT2D eigenvalue weighted by atomic mass is 10.1. The molecule has 4 nitrogen and oxygen atoms in total. The Balaban J connectivity index is 1.68. The number of hydrogen-bond acceptors (Lipinski definition) is 3. The molecule has 0 saturated carbocycles. The van der Waals surface area contributed by atoms with E-state index >= 15 is 0 Å². The predicted octanol–water partition coefficient (Wildman–Crippen LogP) is 4.02. The monoisotopic (exact) mass is 297 g/mol. The second kappa shape index (κ2) is 5.81. The van der Waals surface area contributed by atoms with Gasteiger partial charge < -0.3 is 10.3 Å². The van der Waals surface area contributed by atoms with E-state index in [9.17, 15) is 4.79 Å². The van der Waals surface area contributed by atoms with E-state index in [4.69, 9.17) is 11.6 Å². The van der Waals surface area contributed by atoms with Crippen LogP contribution in [0.15, 0.2) is 60.8 Å². The fourth-order valence-electron chi connectivity index (χ4n) is 1.93. The Hall–Kier alpha value is -2.59. The highest BCUT2D eigenvalue weighted by atomic mass is 35.5. The van der Waals surface area contributed by atoms with Gasteiger partial charge in [0.1, 0.15) is 0 Å². The first-order valence-corrected chi connectivity index (χ1v) is 6.78. The maximum absolute atomic E-state index is 11.9.